The van der Waals surface area contributed by atoms with Crippen LogP contribution in [0.3, 0.4) is 0 Å². The van der Waals surface area contributed by atoms with Crippen molar-refractivity contribution < 1.29 is 8.78 Å². The van der Waals surface area contributed by atoms with Gasteiger partial charge in [-0.1, -0.05) is 12.1 Å². The number of halogens is 3. The highest BCUT2D eigenvalue weighted by molar-refractivity contribution is 14.1. The van der Waals surface area contributed by atoms with Gasteiger partial charge in [0.25, 0.3) is 0 Å². The third-order valence-corrected chi connectivity index (χ3v) is 3.61. The lowest BCUT2D eigenvalue weighted by molar-refractivity contribution is 0.561. The average Bonchev–Trinajstić information content (AvgIpc) is 2.75. The minimum Gasteiger partial charge on any atom is -0.260 e. The van der Waals surface area contributed by atoms with E-state index in [2.05, 4.69) is 27.7 Å². The molecule has 3 rings (SSSR count). The van der Waals surface area contributed by atoms with E-state index < -0.39 is 11.6 Å². The van der Waals surface area contributed by atoms with E-state index >= 15 is 0 Å². The lowest BCUT2D eigenvalue weighted by Crippen LogP contribution is -2.03. The molecule has 0 unspecified atom stereocenters. The van der Waals surface area contributed by atoms with Gasteiger partial charge in [-0.05, 0) is 40.8 Å². The molecule has 0 saturated carbocycles. The highest BCUT2D eigenvalue weighted by Gasteiger charge is 2.08. The van der Waals surface area contributed by atoms with Gasteiger partial charge in [0.05, 0.1) is 18.3 Å². The normalized spacial score (nSPS) is 11.1. The summed E-state index contributed by atoms with van der Waals surface area (Å²) in [6.07, 6.45) is 1.74. The van der Waals surface area contributed by atoms with Crippen LogP contribution >= 0.6 is 22.6 Å². The van der Waals surface area contributed by atoms with Crippen molar-refractivity contribution >= 4 is 33.5 Å². The van der Waals surface area contributed by atoms with Gasteiger partial charge in [-0.15, -0.1) is 0 Å². The molecule has 0 fully saturated rings. The van der Waals surface area contributed by atoms with Crippen LogP contribution in [-0.4, -0.2) is 9.78 Å². The third kappa shape index (κ3) is 2.47. The maximum absolute atomic E-state index is 13.6. The first-order valence-electron chi connectivity index (χ1n) is 5.68. The second-order valence-corrected chi connectivity index (χ2v) is 5.49. The molecule has 2 aromatic carbocycles. The van der Waals surface area contributed by atoms with Crippen LogP contribution in [0, 0.1) is 15.2 Å². The number of hydrogen-bond acceptors (Lipinski definition) is 1. The fraction of sp³-hybridized carbons (Fsp3) is 0.0714. The fourth-order valence-electron chi connectivity index (χ4n) is 1.98. The van der Waals surface area contributed by atoms with Gasteiger partial charge in [-0.25, -0.2) is 8.78 Å². The van der Waals surface area contributed by atoms with Crippen LogP contribution in [0.1, 0.15) is 5.56 Å². The molecule has 0 aliphatic carbocycles. The van der Waals surface area contributed by atoms with E-state index in [1.807, 2.05) is 18.2 Å². The van der Waals surface area contributed by atoms with Crippen LogP contribution in [0.4, 0.5) is 8.78 Å². The van der Waals surface area contributed by atoms with Gasteiger partial charge in [-0.3, -0.25) is 4.68 Å². The summed E-state index contributed by atoms with van der Waals surface area (Å²) >= 11 is 2.22. The summed E-state index contributed by atoms with van der Waals surface area (Å²) in [4.78, 5) is 0. The molecule has 0 N–H and O–H groups in total. The smallest absolute Gasteiger partial charge is 0.131 e. The molecule has 0 radical (unpaired) electrons. The Morgan fingerprint density at radius 3 is 2.74 bits per heavy atom. The SMILES string of the molecule is Fc1ccc(Cn2ncc3ccc(I)cc32)c(F)c1. The Kier molecular flexibility index (Phi) is 3.22. The Labute approximate surface area is 122 Å². The molecule has 0 bridgehead atoms. The van der Waals surface area contributed by atoms with Crippen LogP contribution < -0.4 is 0 Å². The zero-order valence-corrected chi connectivity index (χ0v) is 11.9. The van der Waals surface area contributed by atoms with E-state index in [4.69, 9.17) is 0 Å². The molecule has 5 heteroatoms. The molecular formula is C14H9F2IN2. The first-order valence-corrected chi connectivity index (χ1v) is 6.76. The summed E-state index contributed by atoms with van der Waals surface area (Å²) in [6, 6.07) is 9.56. The number of hydrogen-bond donors (Lipinski definition) is 0. The molecule has 0 atom stereocenters. The largest absolute Gasteiger partial charge is 0.260 e. The Balaban J connectivity index is 2.03. The maximum Gasteiger partial charge on any atom is 0.131 e. The molecule has 19 heavy (non-hydrogen) atoms. The average molecular weight is 370 g/mol. The van der Waals surface area contributed by atoms with E-state index in [-0.39, 0.29) is 6.54 Å². The molecule has 2 nitrogen and oxygen atoms in total. The minimum absolute atomic E-state index is 0.287. The van der Waals surface area contributed by atoms with Crippen molar-refractivity contribution in [3.63, 3.8) is 0 Å². The first kappa shape index (κ1) is 12.5. The Bertz CT molecular complexity index is 752. The molecule has 0 aliphatic rings. The zero-order chi connectivity index (χ0) is 13.4. The summed E-state index contributed by atoms with van der Waals surface area (Å²) in [7, 11) is 0. The van der Waals surface area contributed by atoms with Crippen LogP contribution in [0.15, 0.2) is 42.6 Å². The van der Waals surface area contributed by atoms with Crippen LogP contribution in [0.5, 0.6) is 0 Å². The van der Waals surface area contributed by atoms with Crippen molar-refractivity contribution in [3.05, 3.63) is 63.4 Å². The lowest BCUT2D eigenvalue weighted by atomic mass is 10.2. The van der Waals surface area contributed by atoms with Crippen molar-refractivity contribution in [2.45, 2.75) is 6.54 Å². The Morgan fingerprint density at radius 2 is 1.95 bits per heavy atom. The topological polar surface area (TPSA) is 17.8 Å². The van der Waals surface area contributed by atoms with E-state index in [9.17, 15) is 8.78 Å². The highest BCUT2D eigenvalue weighted by atomic mass is 127. The summed E-state index contributed by atoms with van der Waals surface area (Å²) < 4.78 is 29.3. The molecular weight excluding hydrogens is 361 g/mol. The molecule has 1 heterocycles. The Morgan fingerprint density at radius 1 is 1.11 bits per heavy atom. The van der Waals surface area contributed by atoms with Crippen molar-refractivity contribution in [3.8, 4) is 0 Å². The van der Waals surface area contributed by atoms with E-state index in [1.54, 1.807) is 10.9 Å². The number of benzene rings is 2. The van der Waals surface area contributed by atoms with Crippen LogP contribution in [-0.2, 0) is 6.54 Å². The van der Waals surface area contributed by atoms with E-state index in [1.165, 1.54) is 12.1 Å². The van der Waals surface area contributed by atoms with Gasteiger partial charge >= 0.3 is 0 Å². The minimum atomic E-state index is -0.568. The molecule has 96 valence electrons. The van der Waals surface area contributed by atoms with Crippen LogP contribution in [0.25, 0.3) is 10.9 Å². The number of rotatable bonds is 2. The maximum atomic E-state index is 13.6. The molecule has 0 saturated heterocycles. The second kappa shape index (κ2) is 4.88. The molecule has 3 aromatic rings. The van der Waals surface area contributed by atoms with Crippen LogP contribution in [0.2, 0.25) is 0 Å². The second-order valence-electron chi connectivity index (χ2n) is 4.24. The summed E-state index contributed by atoms with van der Waals surface area (Å²) in [5.74, 6) is -1.12. The monoisotopic (exact) mass is 370 g/mol. The van der Waals surface area contributed by atoms with Crippen molar-refractivity contribution in [1.82, 2.24) is 9.78 Å². The lowest BCUT2D eigenvalue weighted by Gasteiger charge is -2.05. The zero-order valence-electron chi connectivity index (χ0n) is 9.78. The summed E-state index contributed by atoms with van der Waals surface area (Å²) in [6.45, 7) is 0.287. The number of aromatic nitrogens is 2. The van der Waals surface area contributed by atoms with Gasteiger partial charge in [-0.2, -0.15) is 5.10 Å². The number of nitrogens with zero attached hydrogens (tertiary/aromatic N) is 2. The fourth-order valence-corrected chi connectivity index (χ4v) is 2.46. The first-order chi connectivity index (χ1) is 9.13. The number of fused-ring (bicyclic) bond motifs is 1. The van der Waals surface area contributed by atoms with Gasteiger partial charge < -0.3 is 0 Å². The summed E-state index contributed by atoms with van der Waals surface area (Å²) in [5.41, 5.74) is 1.36. The van der Waals surface area contributed by atoms with Gasteiger partial charge in [0, 0.05) is 20.6 Å². The highest BCUT2D eigenvalue weighted by Crippen LogP contribution is 2.19. The van der Waals surface area contributed by atoms with Gasteiger partial charge in [0.1, 0.15) is 11.6 Å². The molecule has 1 aromatic heterocycles. The van der Waals surface area contributed by atoms with E-state index in [0.29, 0.717) is 5.56 Å². The molecule has 0 amide bonds. The summed E-state index contributed by atoms with van der Waals surface area (Å²) in [5, 5.41) is 5.25. The quantitative estimate of drug-likeness (QED) is 0.625. The van der Waals surface area contributed by atoms with Gasteiger partial charge in [0.15, 0.2) is 0 Å². The third-order valence-electron chi connectivity index (χ3n) is 2.94. The molecule has 0 aliphatic heterocycles. The van der Waals surface area contributed by atoms with Crippen molar-refractivity contribution in [2.75, 3.05) is 0 Å². The molecule has 0 spiro atoms. The van der Waals surface area contributed by atoms with Crippen molar-refractivity contribution in [2.24, 2.45) is 0 Å². The standard InChI is InChI=1S/C14H9F2IN2/c15-11-3-1-10(13(16)5-11)8-19-14-6-12(17)4-2-9(14)7-18-19/h1-7H,8H2. The van der Waals surface area contributed by atoms with Crippen molar-refractivity contribution in [1.29, 1.82) is 0 Å². The Hall–Kier alpha value is -1.50. The predicted octanol–water partition coefficient (Wildman–Crippen LogP) is 3.97. The van der Waals surface area contributed by atoms with E-state index in [0.717, 1.165) is 20.5 Å². The predicted molar refractivity (Wildman–Crippen MR) is 77.9 cm³/mol. The van der Waals surface area contributed by atoms with Gasteiger partial charge in [0.2, 0.25) is 0 Å².